The Morgan fingerprint density at radius 2 is 1.67 bits per heavy atom. The molecule has 0 amide bonds. The molecular weight excluding hydrogens is 612 g/mol. The Hall–Kier alpha value is -2.70. The van der Waals surface area contributed by atoms with E-state index >= 15 is 0 Å². The lowest BCUT2D eigenvalue weighted by Crippen LogP contribution is -2.35. The van der Waals surface area contributed by atoms with Crippen LogP contribution in [0.2, 0.25) is 0 Å². The summed E-state index contributed by atoms with van der Waals surface area (Å²) in [5, 5.41) is 10.5. The summed E-state index contributed by atoms with van der Waals surface area (Å²) in [6.45, 7) is 6.60. The maximum absolute atomic E-state index is 13.7. The number of piperidine rings is 1. The van der Waals surface area contributed by atoms with Crippen LogP contribution in [0.3, 0.4) is 0 Å². The molecule has 256 valence electrons. The maximum atomic E-state index is 13.7. The van der Waals surface area contributed by atoms with E-state index in [9.17, 15) is 36.2 Å². The van der Waals surface area contributed by atoms with Crippen LogP contribution in [0.25, 0.3) is 0 Å². The molecule has 12 heteroatoms. The first-order valence-electron chi connectivity index (χ1n) is 16.2. The summed E-state index contributed by atoms with van der Waals surface area (Å²) < 4.78 is 83.6. The fourth-order valence-electron chi connectivity index (χ4n) is 7.32. The number of benzene rings is 1. The molecule has 2 aromatic rings. The molecule has 1 aromatic heterocycles. The highest BCUT2D eigenvalue weighted by Gasteiger charge is 2.38. The van der Waals surface area contributed by atoms with Crippen LogP contribution in [0.5, 0.6) is 0 Å². The standard InChI is InChI=1S/C34H45F6N3O3/c1-22-8-7-9-27(30(22)25-10-12-26(13-11-25)46-34(38,39)40)31(32(44)45)42(3)18-14-24(15-19-43-16-5-4-6-17-43)28-20-29(33(35,36)37)41-21-23(28)2/h7-9,20-21,24-26,31H,4-6,10-19H2,1-3H3,(H,44,45)/t24-,25?,26?,31?/m1/s1. The average molecular weight is 658 g/mol. The number of pyridine rings is 1. The third-order valence-electron chi connectivity index (χ3n) is 9.66. The van der Waals surface area contributed by atoms with Crippen LogP contribution in [0.15, 0.2) is 30.5 Å². The Bertz CT molecular complexity index is 1300. The molecule has 1 aromatic carbocycles. The van der Waals surface area contributed by atoms with Crippen LogP contribution in [0.4, 0.5) is 26.3 Å². The number of halogens is 6. The Balaban J connectivity index is 1.55. The minimum absolute atomic E-state index is 0.114. The summed E-state index contributed by atoms with van der Waals surface area (Å²) in [5.41, 5.74) is 2.62. The normalized spacial score (nSPS) is 21.3. The largest absolute Gasteiger partial charge is 0.522 e. The minimum atomic E-state index is -4.70. The molecule has 0 radical (unpaired) electrons. The van der Waals surface area contributed by atoms with Crippen molar-refractivity contribution >= 4 is 5.97 Å². The molecule has 2 atom stereocenters. The van der Waals surface area contributed by atoms with Crippen LogP contribution in [0.1, 0.15) is 109 Å². The van der Waals surface area contributed by atoms with Crippen LogP contribution < -0.4 is 0 Å². The van der Waals surface area contributed by atoms with Gasteiger partial charge in [-0.2, -0.15) is 13.2 Å². The number of ether oxygens (including phenoxy) is 1. The van der Waals surface area contributed by atoms with E-state index in [1.165, 1.54) is 12.6 Å². The number of hydrogen-bond donors (Lipinski definition) is 1. The summed E-state index contributed by atoms with van der Waals surface area (Å²) in [5.74, 6) is -1.42. The van der Waals surface area contributed by atoms with Gasteiger partial charge in [0, 0.05) is 6.20 Å². The number of carboxylic acid groups (broad SMARTS) is 1. The van der Waals surface area contributed by atoms with Gasteiger partial charge >= 0.3 is 18.5 Å². The van der Waals surface area contributed by atoms with Crippen LogP contribution >= 0.6 is 0 Å². The number of aliphatic carboxylic acids is 1. The van der Waals surface area contributed by atoms with Gasteiger partial charge in [-0.25, -0.2) is 0 Å². The first kappa shape index (κ1) is 36.1. The molecule has 2 heterocycles. The van der Waals surface area contributed by atoms with Gasteiger partial charge in [0.15, 0.2) is 0 Å². The third kappa shape index (κ3) is 9.67. The number of nitrogens with zero attached hydrogens (tertiary/aromatic N) is 3. The number of carbonyl (C=O) groups is 1. The van der Waals surface area contributed by atoms with Crippen LogP contribution in [0, 0.1) is 13.8 Å². The molecule has 1 aliphatic carbocycles. The molecule has 1 N–H and O–H groups in total. The van der Waals surface area contributed by atoms with Gasteiger partial charge in [0.2, 0.25) is 0 Å². The number of aryl methyl sites for hydroxylation is 2. The lowest BCUT2D eigenvalue weighted by atomic mass is 9.77. The number of carboxylic acids is 1. The van der Waals surface area contributed by atoms with Crippen molar-refractivity contribution in [2.75, 3.05) is 33.2 Å². The first-order chi connectivity index (χ1) is 21.6. The van der Waals surface area contributed by atoms with Crippen molar-refractivity contribution in [3.8, 4) is 0 Å². The zero-order valence-corrected chi connectivity index (χ0v) is 26.8. The highest BCUT2D eigenvalue weighted by atomic mass is 19.4. The van der Waals surface area contributed by atoms with Crippen molar-refractivity contribution in [2.24, 2.45) is 0 Å². The molecule has 0 bridgehead atoms. The van der Waals surface area contributed by atoms with Crippen molar-refractivity contribution < 1.29 is 41.0 Å². The molecule has 1 saturated carbocycles. The topological polar surface area (TPSA) is 65.9 Å². The van der Waals surface area contributed by atoms with Crippen LogP contribution in [-0.4, -0.2) is 71.6 Å². The monoisotopic (exact) mass is 657 g/mol. The van der Waals surface area contributed by atoms with Crippen molar-refractivity contribution in [2.45, 2.75) is 108 Å². The minimum Gasteiger partial charge on any atom is -0.480 e. The summed E-state index contributed by atoms with van der Waals surface area (Å²) in [6.07, 6.45) is -3.18. The van der Waals surface area contributed by atoms with Gasteiger partial charge in [-0.3, -0.25) is 19.4 Å². The summed E-state index contributed by atoms with van der Waals surface area (Å²) in [6, 6.07) is 5.55. The summed E-state index contributed by atoms with van der Waals surface area (Å²) >= 11 is 0. The highest BCUT2D eigenvalue weighted by Crippen LogP contribution is 2.41. The van der Waals surface area contributed by atoms with Gasteiger partial charge in [0.05, 0.1) is 6.10 Å². The maximum Gasteiger partial charge on any atom is 0.522 e. The first-order valence-corrected chi connectivity index (χ1v) is 16.2. The number of rotatable bonds is 12. The predicted molar refractivity (Wildman–Crippen MR) is 163 cm³/mol. The Kier molecular flexibility index (Phi) is 12.2. The van der Waals surface area contributed by atoms with Gasteiger partial charge in [-0.15, -0.1) is 13.2 Å². The van der Waals surface area contributed by atoms with Crippen molar-refractivity contribution in [1.82, 2.24) is 14.8 Å². The molecule has 6 nitrogen and oxygen atoms in total. The number of alkyl halides is 6. The smallest absolute Gasteiger partial charge is 0.480 e. The quantitative estimate of drug-likeness (QED) is 0.232. The average Bonchev–Trinajstić information content (AvgIpc) is 2.97. The number of likely N-dealkylation sites (N-methyl/N-ethyl adjacent to an activating group) is 1. The fraction of sp³-hybridized carbons (Fsp3) is 0.647. The lowest BCUT2D eigenvalue weighted by molar-refractivity contribution is -0.345. The summed E-state index contributed by atoms with van der Waals surface area (Å²) in [4.78, 5) is 20.5. The van der Waals surface area contributed by atoms with E-state index in [-0.39, 0.29) is 24.7 Å². The van der Waals surface area contributed by atoms with Gasteiger partial charge in [0.1, 0.15) is 11.7 Å². The van der Waals surface area contributed by atoms with E-state index in [0.29, 0.717) is 48.9 Å². The van der Waals surface area contributed by atoms with E-state index < -0.39 is 36.3 Å². The van der Waals surface area contributed by atoms with Gasteiger partial charge < -0.3 is 10.0 Å². The van der Waals surface area contributed by atoms with Gasteiger partial charge in [-0.05, 0) is 144 Å². The second kappa shape index (κ2) is 15.5. The highest BCUT2D eigenvalue weighted by molar-refractivity contribution is 5.76. The van der Waals surface area contributed by atoms with Crippen molar-refractivity contribution in [3.63, 3.8) is 0 Å². The van der Waals surface area contributed by atoms with E-state index in [1.807, 2.05) is 13.0 Å². The van der Waals surface area contributed by atoms with E-state index in [0.717, 1.165) is 49.7 Å². The summed E-state index contributed by atoms with van der Waals surface area (Å²) in [7, 11) is 1.71. The number of aromatic nitrogens is 1. The Morgan fingerprint density at radius 3 is 2.28 bits per heavy atom. The Morgan fingerprint density at radius 1 is 1.00 bits per heavy atom. The van der Waals surface area contributed by atoms with Gasteiger partial charge in [0.25, 0.3) is 0 Å². The Labute approximate surface area is 267 Å². The van der Waals surface area contributed by atoms with Crippen molar-refractivity contribution in [3.05, 3.63) is 64.0 Å². The molecule has 1 unspecified atom stereocenters. The van der Waals surface area contributed by atoms with E-state index in [2.05, 4.69) is 14.6 Å². The zero-order valence-electron chi connectivity index (χ0n) is 26.8. The molecule has 1 aliphatic heterocycles. The molecule has 0 spiro atoms. The second-order valence-electron chi connectivity index (χ2n) is 12.9. The fourth-order valence-corrected chi connectivity index (χ4v) is 7.32. The van der Waals surface area contributed by atoms with Crippen molar-refractivity contribution in [1.29, 1.82) is 0 Å². The number of hydrogen-bond acceptors (Lipinski definition) is 5. The van der Waals surface area contributed by atoms with Crippen LogP contribution in [-0.2, 0) is 15.7 Å². The molecular formula is C34H45F6N3O3. The van der Waals surface area contributed by atoms with Gasteiger partial charge in [-0.1, -0.05) is 24.6 Å². The molecule has 2 aliphatic rings. The SMILES string of the molecule is Cc1cnc(C(F)(F)F)cc1[C@@H](CCN1CCCCC1)CCN(C)C(C(=O)O)c1cccc(C)c1C1CCC(OC(F)(F)F)CC1. The predicted octanol–water partition coefficient (Wildman–Crippen LogP) is 8.39. The molecule has 2 fully saturated rings. The lowest BCUT2D eigenvalue weighted by Gasteiger charge is -2.34. The zero-order chi connectivity index (χ0) is 33.6. The molecule has 46 heavy (non-hydrogen) atoms. The molecule has 1 saturated heterocycles. The van der Waals surface area contributed by atoms with E-state index in [1.54, 1.807) is 31.0 Å². The molecule has 4 rings (SSSR count). The second-order valence-corrected chi connectivity index (χ2v) is 12.9. The van der Waals surface area contributed by atoms with E-state index in [4.69, 9.17) is 0 Å². The third-order valence-corrected chi connectivity index (χ3v) is 9.66. The number of likely N-dealkylation sites (tertiary alicyclic amines) is 1.